The molecule has 4 rings (SSSR count). The number of hydrogen-bond donors (Lipinski definition) is 1. The highest BCUT2D eigenvalue weighted by molar-refractivity contribution is 5.92. The number of benzene rings is 1. The summed E-state index contributed by atoms with van der Waals surface area (Å²) in [6.07, 6.45) is 2.48. The first kappa shape index (κ1) is 20.5. The number of likely N-dealkylation sites (N-methyl/N-ethyl adjacent to an activating group) is 1. The molecule has 1 aromatic heterocycles. The van der Waals surface area contributed by atoms with E-state index in [1.807, 2.05) is 20.0 Å². The Morgan fingerprint density at radius 2 is 2.10 bits per heavy atom. The Morgan fingerprint density at radius 1 is 1.30 bits per heavy atom. The van der Waals surface area contributed by atoms with Crippen LogP contribution in [0.5, 0.6) is 0 Å². The summed E-state index contributed by atoms with van der Waals surface area (Å²) in [5.41, 5.74) is 2.56. The molecule has 9 nitrogen and oxygen atoms in total. The average molecular weight is 410 g/mol. The quantitative estimate of drug-likeness (QED) is 0.779. The first-order chi connectivity index (χ1) is 14.6. The number of ether oxygens (including phenoxy) is 2. The van der Waals surface area contributed by atoms with E-state index in [1.165, 1.54) is 0 Å². The van der Waals surface area contributed by atoms with Crippen LogP contribution in [0.25, 0.3) is 11.0 Å². The Morgan fingerprint density at radius 3 is 2.87 bits per heavy atom. The fraction of sp³-hybridized carbons (Fsp3) is 0.524. The molecule has 2 aliphatic rings. The van der Waals surface area contributed by atoms with Gasteiger partial charge in [0.25, 0.3) is 5.91 Å². The van der Waals surface area contributed by atoms with E-state index in [0.29, 0.717) is 42.8 Å². The zero-order chi connectivity index (χ0) is 21.1. The van der Waals surface area contributed by atoms with Crippen LogP contribution in [0.1, 0.15) is 12.5 Å². The van der Waals surface area contributed by atoms with Crippen molar-refractivity contribution in [1.29, 1.82) is 5.26 Å². The molecule has 2 aliphatic heterocycles. The number of carbonyl (C=O) groups is 1. The number of nitriles is 1. The molecule has 0 spiro atoms. The summed E-state index contributed by atoms with van der Waals surface area (Å²) in [6, 6.07) is 5.95. The lowest BCUT2D eigenvalue weighted by molar-refractivity contribution is -0.137. The van der Waals surface area contributed by atoms with Crippen LogP contribution in [0.4, 0.5) is 5.69 Å². The molecule has 3 heterocycles. The lowest BCUT2D eigenvalue weighted by Crippen LogP contribution is -2.55. The molecule has 3 atom stereocenters. The van der Waals surface area contributed by atoms with Gasteiger partial charge in [0.05, 0.1) is 43.2 Å². The highest BCUT2D eigenvalue weighted by atomic mass is 16.5. The number of fused-ring (bicyclic) bond motifs is 1. The number of carbonyl (C=O) groups excluding carboxylic acids is 1. The minimum atomic E-state index is -0.592. The monoisotopic (exact) mass is 410 g/mol. The van der Waals surface area contributed by atoms with Crippen molar-refractivity contribution < 1.29 is 14.3 Å². The molecule has 2 saturated heterocycles. The highest BCUT2D eigenvalue weighted by Crippen LogP contribution is 2.28. The van der Waals surface area contributed by atoms with Crippen LogP contribution in [-0.4, -0.2) is 85.5 Å². The van der Waals surface area contributed by atoms with E-state index < -0.39 is 6.10 Å². The second-order valence-electron chi connectivity index (χ2n) is 7.79. The lowest BCUT2D eigenvalue weighted by Gasteiger charge is -2.38. The standard InChI is InChI=1S/C21H26N6O3/c1-14-11-27(17-4-3-15(9-22)19-20(17)24-6-5-23-19)12-18(30-14)21(28)25-10-16-13-29-8-7-26(16)2/h3-6,14,16,18H,7-8,10-13H2,1-2H3,(H,25,28)/t14-,16-,18-/m1/s1. The van der Waals surface area contributed by atoms with Gasteiger partial charge in [-0.25, -0.2) is 0 Å². The number of nitrogens with one attached hydrogen (secondary N) is 1. The Labute approximate surface area is 175 Å². The fourth-order valence-corrected chi connectivity index (χ4v) is 3.97. The number of morpholine rings is 2. The zero-order valence-electron chi connectivity index (χ0n) is 17.2. The molecular weight excluding hydrogens is 384 g/mol. The van der Waals surface area contributed by atoms with Gasteiger partial charge in [-0.3, -0.25) is 19.7 Å². The summed E-state index contributed by atoms with van der Waals surface area (Å²) in [5.74, 6) is -0.130. The summed E-state index contributed by atoms with van der Waals surface area (Å²) in [5, 5.41) is 12.4. The van der Waals surface area contributed by atoms with E-state index in [0.717, 1.165) is 18.8 Å². The number of anilines is 1. The summed E-state index contributed by atoms with van der Waals surface area (Å²) in [7, 11) is 2.04. The maximum Gasteiger partial charge on any atom is 0.251 e. The molecule has 0 saturated carbocycles. The van der Waals surface area contributed by atoms with E-state index in [1.54, 1.807) is 18.5 Å². The van der Waals surface area contributed by atoms with Crippen LogP contribution >= 0.6 is 0 Å². The topological polar surface area (TPSA) is 104 Å². The molecule has 2 aromatic rings. The lowest BCUT2D eigenvalue weighted by atomic mass is 10.1. The first-order valence-corrected chi connectivity index (χ1v) is 10.2. The molecule has 1 amide bonds. The van der Waals surface area contributed by atoms with Gasteiger partial charge in [-0.15, -0.1) is 0 Å². The third-order valence-electron chi connectivity index (χ3n) is 5.65. The average Bonchev–Trinajstić information content (AvgIpc) is 2.77. The normalized spacial score (nSPS) is 25.1. The number of rotatable bonds is 4. The molecule has 0 bridgehead atoms. The minimum absolute atomic E-state index is 0.127. The van der Waals surface area contributed by atoms with Gasteiger partial charge in [0.15, 0.2) is 6.10 Å². The maximum absolute atomic E-state index is 12.8. The van der Waals surface area contributed by atoms with E-state index in [4.69, 9.17) is 9.47 Å². The second kappa shape index (κ2) is 8.92. The van der Waals surface area contributed by atoms with Gasteiger partial charge in [-0.1, -0.05) is 0 Å². The van der Waals surface area contributed by atoms with Crippen molar-refractivity contribution >= 4 is 22.6 Å². The number of nitrogens with zero attached hydrogens (tertiary/aromatic N) is 5. The summed E-state index contributed by atoms with van der Waals surface area (Å²) >= 11 is 0. The molecule has 2 fully saturated rings. The van der Waals surface area contributed by atoms with Gasteiger partial charge >= 0.3 is 0 Å². The van der Waals surface area contributed by atoms with Crippen molar-refractivity contribution in [2.24, 2.45) is 0 Å². The summed E-state index contributed by atoms with van der Waals surface area (Å²) in [6.45, 7) is 5.70. The zero-order valence-corrected chi connectivity index (χ0v) is 17.2. The third kappa shape index (κ3) is 4.21. The van der Waals surface area contributed by atoms with Crippen molar-refractivity contribution in [3.8, 4) is 6.07 Å². The third-order valence-corrected chi connectivity index (χ3v) is 5.65. The highest BCUT2D eigenvalue weighted by Gasteiger charge is 2.32. The van der Waals surface area contributed by atoms with Crippen LogP contribution in [0, 0.1) is 11.3 Å². The predicted molar refractivity (Wildman–Crippen MR) is 111 cm³/mol. The van der Waals surface area contributed by atoms with Crippen LogP contribution in [0.2, 0.25) is 0 Å². The first-order valence-electron chi connectivity index (χ1n) is 10.2. The van der Waals surface area contributed by atoms with E-state index in [-0.39, 0.29) is 18.1 Å². The van der Waals surface area contributed by atoms with Crippen molar-refractivity contribution in [1.82, 2.24) is 20.2 Å². The summed E-state index contributed by atoms with van der Waals surface area (Å²) in [4.78, 5) is 25.9. The molecule has 0 unspecified atom stereocenters. The number of aromatic nitrogens is 2. The van der Waals surface area contributed by atoms with E-state index >= 15 is 0 Å². The minimum Gasteiger partial charge on any atom is -0.378 e. The Kier molecular flexibility index (Phi) is 6.08. The smallest absolute Gasteiger partial charge is 0.251 e. The van der Waals surface area contributed by atoms with Gasteiger partial charge in [0, 0.05) is 32.0 Å². The van der Waals surface area contributed by atoms with Crippen molar-refractivity contribution in [2.75, 3.05) is 51.3 Å². The Balaban J connectivity index is 1.49. The van der Waals surface area contributed by atoms with Crippen molar-refractivity contribution in [3.05, 3.63) is 30.1 Å². The predicted octanol–water partition coefficient (Wildman–Crippen LogP) is 0.542. The van der Waals surface area contributed by atoms with Gasteiger partial charge in [-0.2, -0.15) is 5.26 Å². The number of hydrogen-bond acceptors (Lipinski definition) is 8. The maximum atomic E-state index is 12.8. The SMILES string of the molecule is C[C@@H]1CN(c2ccc(C#N)c3nccnc23)C[C@H](C(=O)NC[C@@H]2COCCN2C)O1. The van der Waals surface area contributed by atoms with Crippen molar-refractivity contribution in [2.45, 2.75) is 25.2 Å². The Hall–Kier alpha value is -2.80. The molecule has 1 N–H and O–H groups in total. The van der Waals surface area contributed by atoms with Crippen LogP contribution < -0.4 is 10.2 Å². The second-order valence-corrected chi connectivity index (χ2v) is 7.79. The van der Waals surface area contributed by atoms with Gasteiger partial charge in [0.2, 0.25) is 0 Å². The van der Waals surface area contributed by atoms with Gasteiger partial charge in [-0.05, 0) is 26.1 Å². The molecule has 30 heavy (non-hydrogen) atoms. The molecule has 9 heteroatoms. The van der Waals surface area contributed by atoms with Crippen LogP contribution in [0.15, 0.2) is 24.5 Å². The van der Waals surface area contributed by atoms with Crippen molar-refractivity contribution in [3.63, 3.8) is 0 Å². The molecule has 0 radical (unpaired) electrons. The Bertz CT molecular complexity index is 961. The largest absolute Gasteiger partial charge is 0.378 e. The molecule has 158 valence electrons. The van der Waals surface area contributed by atoms with Gasteiger partial charge < -0.3 is 19.7 Å². The molecule has 1 aromatic carbocycles. The van der Waals surface area contributed by atoms with E-state index in [9.17, 15) is 10.1 Å². The summed E-state index contributed by atoms with van der Waals surface area (Å²) < 4.78 is 11.5. The van der Waals surface area contributed by atoms with Gasteiger partial charge in [0.1, 0.15) is 17.1 Å². The molecular formula is C21H26N6O3. The fourth-order valence-electron chi connectivity index (χ4n) is 3.97. The molecule has 0 aliphatic carbocycles. The van der Waals surface area contributed by atoms with Crippen LogP contribution in [-0.2, 0) is 14.3 Å². The van der Waals surface area contributed by atoms with Crippen LogP contribution in [0.3, 0.4) is 0 Å². The van der Waals surface area contributed by atoms with E-state index in [2.05, 4.69) is 31.2 Å². The number of amides is 1.